The van der Waals surface area contributed by atoms with Gasteiger partial charge in [0.1, 0.15) is 39.3 Å². The van der Waals surface area contributed by atoms with Crippen LogP contribution in [0.3, 0.4) is 0 Å². The summed E-state index contributed by atoms with van der Waals surface area (Å²) < 4.78 is 26.7. The summed E-state index contributed by atoms with van der Waals surface area (Å²) in [6.07, 6.45) is 1.99. The van der Waals surface area contributed by atoms with E-state index >= 15 is 0 Å². The first-order chi connectivity index (χ1) is 69.7. The number of rotatable bonds is 9. The fourth-order valence-electron chi connectivity index (χ4n) is 24.1. The van der Waals surface area contributed by atoms with Crippen LogP contribution in [0.15, 0.2) is 462 Å². The van der Waals surface area contributed by atoms with Gasteiger partial charge in [-0.3, -0.25) is 9.13 Å². The Kier molecular flexibility index (Phi) is 16.9. The van der Waals surface area contributed by atoms with Crippen molar-refractivity contribution in [3.63, 3.8) is 0 Å². The third kappa shape index (κ3) is 11.7. The number of fused-ring (bicyclic) bond motifs is 12. The van der Waals surface area contributed by atoms with E-state index in [1.165, 1.54) is 185 Å². The van der Waals surface area contributed by atoms with Crippen LogP contribution in [-0.2, 0) is 5.41 Å². The average Bonchev–Trinajstić information content (AvgIpc) is 1.54. The minimum Gasteiger partial charge on any atom is -0.456 e. The lowest BCUT2D eigenvalue weighted by Gasteiger charge is -2.22. The van der Waals surface area contributed by atoms with Gasteiger partial charge in [0.2, 0.25) is 5.95 Å². The van der Waals surface area contributed by atoms with Crippen LogP contribution in [0.2, 0.25) is 0 Å². The largest absolute Gasteiger partial charge is 0.456 e. The van der Waals surface area contributed by atoms with Crippen LogP contribution in [0.1, 0.15) is 25.0 Å². The fourth-order valence-corrected chi connectivity index (χ4v) is 24.1. The Balaban J connectivity index is 0.0000000998. The van der Waals surface area contributed by atoms with Crippen molar-refractivity contribution in [3.05, 3.63) is 460 Å². The summed E-state index contributed by atoms with van der Waals surface area (Å²) in [7, 11) is 0. The molecule has 0 N–H and O–H groups in total. The van der Waals surface area contributed by atoms with Crippen molar-refractivity contribution in [1.82, 2.24) is 28.7 Å². The maximum atomic E-state index is 6.63. The van der Waals surface area contributed by atoms with E-state index in [9.17, 15) is 0 Å². The minimum atomic E-state index is -0.0782. The van der Waals surface area contributed by atoms with Gasteiger partial charge in [0, 0.05) is 98.6 Å². The van der Waals surface area contributed by atoms with Crippen molar-refractivity contribution in [2.24, 2.45) is 0 Å². The molecular formula is C132H80N6O3. The minimum absolute atomic E-state index is 0.0782. The second-order valence-electron chi connectivity index (χ2n) is 38.2. The topological polar surface area (TPSA) is 92.9 Å². The van der Waals surface area contributed by atoms with Crippen LogP contribution in [0, 0.1) is 0 Å². The van der Waals surface area contributed by atoms with E-state index in [0.29, 0.717) is 5.95 Å². The van der Waals surface area contributed by atoms with Gasteiger partial charge in [-0.2, -0.15) is 0 Å². The molecule has 1 aliphatic rings. The van der Waals surface area contributed by atoms with Crippen LogP contribution in [0.5, 0.6) is 0 Å². The molecule has 8 heterocycles. The van der Waals surface area contributed by atoms with Gasteiger partial charge in [-0.1, -0.05) is 341 Å². The number of benzene rings is 20. The van der Waals surface area contributed by atoms with Gasteiger partial charge in [0.05, 0.1) is 44.5 Å². The van der Waals surface area contributed by atoms with Crippen molar-refractivity contribution in [1.29, 1.82) is 0 Å². The number of aromatic nitrogens is 6. The highest BCUT2D eigenvalue weighted by Gasteiger charge is 2.36. The highest BCUT2D eigenvalue weighted by molar-refractivity contribution is 6.42. The van der Waals surface area contributed by atoms with Crippen LogP contribution in [-0.4, -0.2) is 28.7 Å². The first kappa shape index (κ1) is 78.7. The van der Waals surface area contributed by atoms with E-state index < -0.39 is 0 Å². The average molecular weight is 1800 g/mol. The quantitative estimate of drug-likeness (QED) is 0.143. The molecule has 0 spiro atoms. The summed E-state index contributed by atoms with van der Waals surface area (Å²) in [6.45, 7) is 4.72. The van der Waals surface area contributed by atoms with Gasteiger partial charge < -0.3 is 17.8 Å². The maximum Gasteiger partial charge on any atom is 0.235 e. The Hall–Kier alpha value is -18.6. The van der Waals surface area contributed by atoms with Crippen LogP contribution in [0.25, 0.3) is 291 Å². The molecule has 0 bridgehead atoms. The molecule has 9 heteroatoms. The van der Waals surface area contributed by atoms with Gasteiger partial charge in [-0.05, 0) is 241 Å². The van der Waals surface area contributed by atoms with Crippen LogP contribution < -0.4 is 0 Å². The number of pyridine rings is 1. The maximum absolute atomic E-state index is 6.63. The van der Waals surface area contributed by atoms with Gasteiger partial charge in [0.15, 0.2) is 0 Å². The molecule has 0 saturated carbocycles. The van der Waals surface area contributed by atoms with Crippen molar-refractivity contribution >= 4 is 196 Å². The molecule has 0 radical (unpaired) electrons. The number of nitrogens with zero attached hydrogens (tertiary/aromatic N) is 6. The Morgan fingerprint density at radius 3 is 0.979 bits per heavy atom. The van der Waals surface area contributed by atoms with Crippen molar-refractivity contribution in [2.75, 3.05) is 0 Å². The lowest BCUT2D eigenvalue weighted by atomic mass is 9.81. The summed E-state index contributed by atoms with van der Waals surface area (Å²) in [5, 5.41) is 29.0. The molecule has 32 rings (SSSR count). The normalized spacial score (nSPS) is 12.7. The summed E-state index contributed by atoms with van der Waals surface area (Å²) in [5.41, 5.74) is 32.1. The fraction of sp³-hybridized carbons (Fsp3) is 0.0227. The zero-order valence-electron chi connectivity index (χ0n) is 76.6. The van der Waals surface area contributed by atoms with E-state index in [4.69, 9.17) is 28.2 Å². The standard InChI is InChI=1S/C51H33NO.C41H24N2O.C40H23N3O/c1-51(2)41-19-9-8-16-37(41)38-23-22-31(29-42(38)51)33-26-32(30-12-4-3-5-13-30)27-34(28-33)52-43-20-10-17-39-35-14-6-7-15-36(35)40-18-11-21-45-48(40)50-46(53-45)25-24-44(52)49(50)47(39)43;1-2-8-25(9-3-1)26-16-18-27(19-17-26)28-20-23-37(42-24-28)43-33-14-6-12-31-29-10-4-5-11-30(29)32-13-7-15-35-39(32)41-36(44-35)22-21-34(43)40(41)38(31)33;1-3-11-24(12-4-1)30-23-31(25-13-5-2-6-14-25)42-40(41-30)43-32-19-9-17-28-26-15-7-8-16-27(26)29-18-10-20-34-37(29)39-35(44-34)22-21-33(43)38(39)36(28)32/h3-29H,1-2H3;1-24H;1-23H. The Bertz CT molecular complexity index is 10500. The van der Waals surface area contributed by atoms with Crippen molar-refractivity contribution in [2.45, 2.75) is 19.3 Å². The number of hydrogen-bond donors (Lipinski definition) is 0. The summed E-state index contributed by atoms with van der Waals surface area (Å²) >= 11 is 0. The van der Waals surface area contributed by atoms with Crippen molar-refractivity contribution < 1.29 is 13.3 Å². The zero-order valence-corrected chi connectivity index (χ0v) is 76.6. The molecule has 0 aliphatic heterocycles. The number of furan rings is 3. The van der Waals surface area contributed by atoms with Crippen LogP contribution >= 0.6 is 0 Å². The molecule has 1 aliphatic carbocycles. The molecule has 9 nitrogen and oxygen atoms in total. The van der Waals surface area contributed by atoms with E-state index in [2.05, 4.69) is 452 Å². The predicted octanol–water partition coefficient (Wildman–Crippen LogP) is 35.8. The van der Waals surface area contributed by atoms with Crippen LogP contribution in [0.4, 0.5) is 0 Å². The highest BCUT2D eigenvalue weighted by atomic mass is 16.3. The third-order valence-corrected chi connectivity index (χ3v) is 30.3. The van der Waals surface area contributed by atoms with Gasteiger partial charge >= 0.3 is 0 Å². The van der Waals surface area contributed by atoms with E-state index in [1.807, 2.05) is 24.4 Å². The summed E-state index contributed by atoms with van der Waals surface area (Å²) in [4.78, 5) is 15.5. The smallest absolute Gasteiger partial charge is 0.235 e. The SMILES string of the molecule is CC1(C)c2ccccc2-c2ccc(-c3cc(-c4ccccc4)cc(-n4c5cccc6c7ccccc7c7cccc8oc9ccc4c(c9c87)c65)c3)cc21.c1ccc(-c2cc(-c3ccccc3)nc(-n3c4cccc5c6ccccc6c6cccc7oc8ccc3c(c8c76)c54)n2)cc1.c1ccc(-c2ccc(-c3ccc(-n4c5cccc6c7ccccc7c7cccc8oc9ccc4c(c9c87)c65)nc3)cc2)cc1. The molecule has 0 amide bonds. The summed E-state index contributed by atoms with van der Waals surface area (Å²) in [6, 6.07) is 159. The first-order valence-electron chi connectivity index (χ1n) is 48.3. The first-order valence-corrected chi connectivity index (χ1v) is 48.3. The van der Waals surface area contributed by atoms with E-state index in [0.717, 1.165) is 111 Å². The molecule has 0 saturated heterocycles. The monoisotopic (exact) mass is 1800 g/mol. The predicted molar refractivity (Wildman–Crippen MR) is 586 cm³/mol. The Morgan fingerprint density at radius 2 is 0.525 bits per heavy atom. The van der Waals surface area contributed by atoms with Gasteiger partial charge in [0.25, 0.3) is 0 Å². The molecule has 31 aromatic rings. The number of hydrogen-bond acceptors (Lipinski definition) is 6. The molecule has 141 heavy (non-hydrogen) atoms. The van der Waals surface area contributed by atoms with Crippen molar-refractivity contribution in [3.8, 4) is 95.6 Å². The van der Waals surface area contributed by atoms with Gasteiger partial charge in [-0.25, -0.2) is 15.0 Å². The molecule has 0 fully saturated rings. The Labute approximate surface area is 807 Å². The lowest BCUT2D eigenvalue weighted by molar-refractivity contribution is 0.660. The Morgan fingerprint density at radius 1 is 0.199 bits per heavy atom. The lowest BCUT2D eigenvalue weighted by Crippen LogP contribution is -2.14. The summed E-state index contributed by atoms with van der Waals surface area (Å²) in [5.74, 6) is 1.54. The third-order valence-electron chi connectivity index (χ3n) is 30.3. The molecule has 8 aromatic heterocycles. The molecule has 23 aromatic carbocycles. The molecule has 656 valence electrons. The van der Waals surface area contributed by atoms with E-state index in [1.54, 1.807) is 0 Å². The highest BCUT2D eigenvalue weighted by Crippen LogP contribution is 2.55. The zero-order chi connectivity index (χ0) is 92.6. The van der Waals surface area contributed by atoms with Gasteiger partial charge in [-0.15, -0.1) is 0 Å². The van der Waals surface area contributed by atoms with E-state index in [-0.39, 0.29) is 5.41 Å². The second-order valence-corrected chi connectivity index (χ2v) is 38.2. The molecule has 0 atom stereocenters. The second kappa shape index (κ2) is 30.2. The molecule has 0 unspecified atom stereocenters. The molecular weight excluding hydrogens is 1720 g/mol.